The van der Waals surface area contributed by atoms with Gasteiger partial charge in [0, 0.05) is 5.92 Å². The zero-order valence-electron chi connectivity index (χ0n) is 16.1. The van der Waals surface area contributed by atoms with Crippen molar-refractivity contribution in [1.29, 1.82) is 0 Å². The Kier molecular flexibility index (Phi) is 7.64. The van der Waals surface area contributed by atoms with Crippen LogP contribution in [0.15, 0.2) is 24.3 Å². The molecule has 0 N–H and O–H groups in total. The highest BCUT2D eigenvalue weighted by molar-refractivity contribution is 6.74. The van der Waals surface area contributed by atoms with Crippen LogP contribution in [0.1, 0.15) is 33.3 Å². The van der Waals surface area contributed by atoms with Gasteiger partial charge in [-0.2, -0.15) is 0 Å². The quantitative estimate of drug-likeness (QED) is 0.487. The summed E-state index contributed by atoms with van der Waals surface area (Å²) in [5.74, 6) is 0.641. The van der Waals surface area contributed by atoms with Gasteiger partial charge < -0.3 is 18.7 Å². The molecule has 0 saturated heterocycles. The van der Waals surface area contributed by atoms with Gasteiger partial charge in [0.15, 0.2) is 8.32 Å². The summed E-state index contributed by atoms with van der Waals surface area (Å²) < 4.78 is 17.4. The molecule has 1 rings (SSSR count). The van der Waals surface area contributed by atoms with Crippen LogP contribution in [0.3, 0.4) is 0 Å². The second-order valence-corrected chi connectivity index (χ2v) is 12.5. The molecule has 136 valence electrons. The molecule has 0 saturated carbocycles. The fourth-order valence-corrected chi connectivity index (χ4v) is 3.34. The summed E-state index contributed by atoms with van der Waals surface area (Å²) in [6.45, 7) is 13.8. The molecule has 0 spiro atoms. The van der Waals surface area contributed by atoms with Crippen molar-refractivity contribution in [2.45, 2.75) is 58.5 Å². The van der Waals surface area contributed by atoms with Gasteiger partial charge in [-0.25, -0.2) is 0 Å². The molecule has 4 nitrogen and oxygen atoms in total. The van der Waals surface area contributed by atoms with E-state index in [-0.39, 0.29) is 17.1 Å². The first kappa shape index (κ1) is 20.9. The summed E-state index contributed by atoms with van der Waals surface area (Å²) in [6, 6.07) is 7.78. The van der Waals surface area contributed by atoms with E-state index < -0.39 is 8.32 Å². The largest absolute Gasteiger partial charge is 0.497 e. The average molecular weight is 353 g/mol. The summed E-state index contributed by atoms with van der Waals surface area (Å²) in [7, 11) is -0.296. The van der Waals surface area contributed by atoms with Crippen LogP contribution in [0.4, 0.5) is 0 Å². The van der Waals surface area contributed by atoms with Gasteiger partial charge in [0.25, 0.3) is 0 Å². The van der Waals surface area contributed by atoms with Crippen LogP contribution in [-0.2, 0) is 20.6 Å². The van der Waals surface area contributed by atoms with Crippen LogP contribution in [-0.4, -0.2) is 34.4 Å². The Balaban J connectivity index is 2.64. The number of hydrogen-bond donors (Lipinski definition) is 0. The Morgan fingerprint density at radius 2 is 1.75 bits per heavy atom. The first-order valence-corrected chi connectivity index (χ1v) is 11.4. The lowest BCUT2D eigenvalue weighted by molar-refractivity contribution is -0.114. The SMILES string of the molecule is COc1ccc(COC[C@H](O[Si](C)(C)C(C)(C)C)[C@@H](C)C=O)cc1. The van der Waals surface area contributed by atoms with Gasteiger partial charge in [-0.15, -0.1) is 0 Å². The lowest BCUT2D eigenvalue weighted by atomic mass is 10.1. The fourth-order valence-electron chi connectivity index (χ4n) is 1.95. The molecule has 0 aromatic heterocycles. The van der Waals surface area contributed by atoms with Crippen molar-refractivity contribution < 1.29 is 18.7 Å². The molecule has 0 heterocycles. The number of aldehydes is 1. The minimum atomic E-state index is -1.94. The van der Waals surface area contributed by atoms with E-state index in [0.29, 0.717) is 13.2 Å². The molecule has 0 aliphatic heterocycles. The van der Waals surface area contributed by atoms with E-state index in [1.54, 1.807) is 7.11 Å². The van der Waals surface area contributed by atoms with E-state index in [9.17, 15) is 4.79 Å². The van der Waals surface area contributed by atoms with Gasteiger partial charge in [0.2, 0.25) is 0 Å². The molecular weight excluding hydrogens is 320 g/mol. The summed E-state index contributed by atoms with van der Waals surface area (Å²) in [5.41, 5.74) is 1.07. The molecule has 0 fully saturated rings. The molecule has 1 aromatic carbocycles. The van der Waals surface area contributed by atoms with Crippen LogP contribution in [0.2, 0.25) is 18.1 Å². The van der Waals surface area contributed by atoms with E-state index in [2.05, 4.69) is 33.9 Å². The van der Waals surface area contributed by atoms with Gasteiger partial charge >= 0.3 is 0 Å². The molecule has 0 amide bonds. The van der Waals surface area contributed by atoms with Crippen molar-refractivity contribution in [3.63, 3.8) is 0 Å². The van der Waals surface area contributed by atoms with Crippen molar-refractivity contribution in [1.82, 2.24) is 0 Å². The standard InChI is InChI=1S/C19H32O4Si/c1-15(12-20)18(23-24(6,7)19(2,3)4)14-22-13-16-8-10-17(21-5)11-9-16/h8-12,15,18H,13-14H2,1-7H3/t15-,18-/m0/s1. The van der Waals surface area contributed by atoms with E-state index in [1.165, 1.54) is 0 Å². The zero-order valence-corrected chi connectivity index (χ0v) is 17.1. The van der Waals surface area contributed by atoms with Crippen molar-refractivity contribution in [2.75, 3.05) is 13.7 Å². The molecule has 0 aliphatic rings. The first-order valence-electron chi connectivity index (χ1n) is 8.44. The minimum absolute atomic E-state index is 0.101. The van der Waals surface area contributed by atoms with E-state index in [1.807, 2.05) is 31.2 Å². The highest BCUT2D eigenvalue weighted by atomic mass is 28.4. The van der Waals surface area contributed by atoms with Gasteiger partial charge in [0.1, 0.15) is 12.0 Å². The van der Waals surface area contributed by atoms with Gasteiger partial charge in [-0.3, -0.25) is 0 Å². The van der Waals surface area contributed by atoms with Crippen LogP contribution in [0.25, 0.3) is 0 Å². The van der Waals surface area contributed by atoms with Crippen LogP contribution in [0.5, 0.6) is 5.75 Å². The summed E-state index contributed by atoms with van der Waals surface area (Å²) >= 11 is 0. The number of carbonyl (C=O) groups is 1. The molecule has 0 bridgehead atoms. The first-order chi connectivity index (χ1) is 11.1. The second-order valence-electron chi connectivity index (χ2n) is 7.78. The van der Waals surface area contributed by atoms with E-state index in [0.717, 1.165) is 17.6 Å². The predicted octanol–water partition coefficient (Wildman–Crippen LogP) is 4.44. The number of benzene rings is 1. The Bertz CT molecular complexity index is 505. The highest BCUT2D eigenvalue weighted by Crippen LogP contribution is 2.38. The van der Waals surface area contributed by atoms with Crippen molar-refractivity contribution in [2.24, 2.45) is 5.92 Å². The van der Waals surface area contributed by atoms with E-state index >= 15 is 0 Å². The summed E-state index contributed by atoms with van der Waals surface area (Å²) in [5, 5.41) is 0.101. The number of hydrogen-bond acceptors (Lipinski definition) is 4. The molecule has 0 radical (unpaired) electrons. The predicted molar refractivity (Wildman–Crippen MR) is 99.9 cm³/mol. The molecule has 1 aromatic rings. The highest BCUT2D eigenvalue weighted by Gasteiger charge is 2.40. The number of methoxy groups -OCH3 is 1. The number of rotatable bonds is 9. The molecule has 0 aliphatic carbocycles. The maximum Gasteiger partial charge on any atom is 0.192 e. The third kappa shape index (κ3) is 6.04. The normalized spacial score (nSPS) is 15.0. The third-order valence-electron chi connectivity index (χ3n) is 4.76. The van der Waals surface area contributed by atoms with Crippen molar-refractivity contribution >= 4 is 14.6 Å². The van der Waals surface area contributed by atoms with E-state index in [4.69, 9.17) is 13.9 Å². The lowest BCUT2D eigenvalue weighted by Gasteiger charge is -2.40. The monoisotopic (exact) mass is 352 g/mol. The molecule has 0 unspecified atom stereocenters. The molecular formula is C19H32O4Si. The topological polar surface area (TPSA) is 44.8 Å². The Morgan fingerprint density at radius 3 is 2.21 bits per heavy atom. The van der Waals surface area contributed by atoms with Crippen LogP contribution in [0, 0.1) is 5.92 Å². The van der Waals surface area contributed by atoms with Gasteiger partial charge in [-0.05, 0) is 35.8 Å². The minimum Gasteiger partial charge on any atom is -0.497 e. The summed E-state index contributed by atoms with van der Waals surface area (Å²) in [4.78, 5) is 11.3. The Hall–Kier alpha value is -1.17. The second kappa shape index (κ2) is 8.79. The Labute approximate surface area is 147 Å². The Morgan fingerprint density at radius 1 is 1.17 bits per heavy atom. The third-order valence-corrected chi connectivity index (χ3v) is 9.27. The molecule has 24 heavy (non-hydrogen) atoms. The maximum absolute atomic E-state index is 11.3. The number of ether oxygens (including phenoxy) is 2. The van der Waals surface area contributed by atoms with Gasteiger partial charge in [-0.1, -0.05) is 39.8 Å². The average Bonchev–Trinajstić information content (AvgIpc) is 2.52. The smallest absolute Gasteiger partial charge is 0.192 e. The van der Waals surface area contributed by atoms with Crippen molar-refractivity contribution in [3.8, 4) is 5.75 Å². The van der Waals surface area contributed by atoms with Crippen LogP contribution >= 0.6 is 0 Å². The molecule has 2 atom stereocenters. The summed E-state index contributed by atoms with van der Waals surface area (Å²) in [6.07, 6.45) is 0.746. The fraction of sp³-hybridized carbons (Fsp3) is 0.632. The van der Waals surface area contributed by atoms with Gasteiger partial charge in [0.05, 0.1) is 26.4 Å². The lowest BCUT2D eigenvalue weighted by Crippen LogP contribution is -2.47. The number of carbonyl (C=O) groups excluding carboxylic acids is 1. The molecule has 5 heteroatoms. The maximum atomic E-state index is 11.3. The van der Waals surface area contributed by atoms with Crippen LogP contribution < -0.4 is 4.74 Å². The zero-order chi connectivity index (χ0) is 18.4. The van der Waals surface area contributed by atoms with Crippen molar-refractivity contribution in [3.05, 3.63) is 29.8 Å².